The Morgan fingerprint density at radius 3 is 2.23 bits per heavy atom. The highest BCUT2D eigenvalue weighted by Gasteiger charge is 2.31. The molecule has 0 aliphatic rings. The number of rotatable bonds is 9. The van der Waals surface area contributed by atoms with E-state index in [0.717, 1.165) is 6.26 Å². The van der Waals surface area contributed by atoms with Crippen molar-refractivity contribution in [1.29, 1.82) is 0 Å². The smallest absolute Gasteiger partial charge is 0.205 e. The number of carbonyl (C=O) groups excluding carboxylic acids is 2. The van der Waals surface area contributed by atoms with Gasteiger partial charge in [0.2, 0.25) is 11.5 Å². The lowest BCUT2D eigenvalue weighted by Crippen LogP contribution is -2.11. The van der Waals surface area contributed by atoms with Crippen LogP contribution < -0.4 is 14.2 Å². The first kappa shape index (κ1) is 25.3. The molecule has 0 amide bonds. The minimum atomic E-state index is -0.768. The number of phenolic OH excluding ortho intramolecular Hbond substituents is 2. The highest BCUT2D eigenvalue weighted by Crippen LogP contribution is 2.49. The Bertz CT molecular complexity index is 974. The number of benzene rings is 2. The maximum absolute atomic E-state index is 13.2. The van der Waals surface area contributed by atoms with Crippen LogP contribution in [-0.4, -0.2) is 36.5 Å². The number of aromatic hydroxyl groups is 2. The van der Waals surface area contributed by atoms with Crippen LogP contribution in [0.4, 0.5) is 0 Å². The number of phenols is 2. The van der Waals surface area contributed by atoms with Gasteiger partial charge in [-0.25, -0.2) is 0 Å². The van der Waals surface area contributed by atoms with Crippen LogP contribution in [0.15, 0.2) is 42.7 Å². The number of ketones is 1. The van der Waals surface area contributed by atoms with Gasteiger partial charge in [-0.3, -0.25) is 9.59 Å². The van der Waals surface area contributed by atoms with Crippen molar-refractivity contribution < 1.29 is 34.0 Å². The minimum Gasteiger partial charge on any atom is -0.508 e. The SMILES string of the molecule is C=COc1c(CC)c(OC)c(C(=O)/C(C=O)=C/c2cccc(O)c2)c(O)c1OC.CC. The summed E-state index contributed by atoms with van der Waals surface area (Å²) in [5, 5.41) is 20.3. The molecule has 0 saturated carbocycles. The minimum absolute atomic E-state index is 0.0160. The second kappa shape index (κ2) is 12.1. The number of ether oxygens (including phenoxy) is 3. The fourth-order valence-electron chi connectivity index (χ4n) is 2.97. The van der Waals surface area contributed by atoms with Crippen molar-refractivity contribution in [2.45, 2.75) is 27.2 Å². The molecule has 2 aromatic rings. The van der Waals surface area contributed by atoms with Gasteiger partial charge in [0.15, 0.2) is 17.8 Å². The largest absolute Gasteiger partial charge is 0.508 e. The molecule has 166 valence electrons. The number of carbonyl (C=O) groups is 2. The number of hydrogen-bond donors (Lipinski definition) is 2. The first-order chi connectivity index (χ1) is 14.9. The lowest BCUT2D eigenvalue weighted by atomic mass is 9.95. The number of aldehydes is 1. The van der Waals surface area contributed by atoms with E-state index in [4.69, 9.17) is 14.2 Å². The predicted molar refractivity (Wildman–Crippen MR) is 119 cm³/mol. The number of allylic oxidation sites excluding steroid dienone is 1. The van der Waals surface area contributed by atoms with Crippen LogP contribution in [0.5, 0.6) is 28.7 Å². The maximum Gasteiger partial charge on any atom is 0.205 e. The van der Waals surface area contributed by atoms with Crippen LogP contribution in [0, 0.1) is 0 Å². The van der Waals surface area contributed by atoms with Gasteiger partial charge in [0.1, 0.15) is 17.1 Å². The summed E-state index contributed by atoms with van der Waals surface area (Å²) in [7, 11) is 2.66. The van der Waals surface area contributed by atoms with E-state index < -0.39 is 11.5 Å². The van der Waals surface area contributed by atoms with Crippen LogP contribution in [0.25, 0.3) is 6.08 Å². The molecule has 2 rings (SSSR count). The standard InChI is InChI=1S/C22H22O7.C2H6/c1-5-16-20(27-3)17(19(26)22(28-4)21(16)29-6-2)18(25)14(12-23)10-13-8-7-9-15(24)11-13;1-2/h6-12,24,26H,2,5H2,1,3-4H3;1-2H3/b14-10+;. The molecule has 0 aliphatic carbocycles. The summed E-state index contributed by atoms with van der Waals surface area (Å²) in [6.07, 6.45) is 3.23. The predicted octanol–water partition coefficient (Wildman–Crippen LogP) is 4.69. The fraction of sp³-hybridized carbons (Fsp3) is 0.250. The van der Waals surface area contributed by atoms with E-state index in [0.29, 0.717) is 23.8 Å². The zero-order valence-corrected chi connectivity index (χ0v) is 18.4. The fourth-order valence-corrected chi connectivity index (χ4v) is 2.97. The Balaban J connectivity index is 0.00000233. The topological polar surface area (TPSA) is 102 Å². The Morgan fingerprint density at radius 1 is 1.10 bits per heavy atom. The third-order valence-electron chi connectivity index (χ3n) is 4.20. The van der Waals surface area contributed by atoms with Gasteiger partial charge in [-0.15, -0.1) is 0 Å². The van der Waals surface area contributed by atoms with Crippen LogP contribution in [-0.2, 0) is 11.2 Å². The van der Waals surface area contributed by atoms with Crippen LogP contribution in [0.1, 0.15) is 42.3 Å². The Hall–Kier alpha value is -3.74. The molecule has 0 fully saturated rings. The first-order valence-corrected chi connectivity index (χ1v) is 9.71. The highest BCUT2D eigenvalue weighted by molar-refractivity contribution is 6.25. The molecule has 7 nitrogen and oxygen atoms in total. The summed E-state index contributed by atoms with van der Waals surface area (Å²) >= 11 is 0. The van der Waals surface area contributed by atoms with Crippen LogP contribution in [0.2, 0.25) is 0 Å². The van der Waals surface area contributed by atoms with Crippen molar-refractivity contribution in [3.8, 4) is 28.7 Å². The summed E-state index contributed by atoms with van der Waals surface area (Å²) in [5.74, 6) is -1.15. The second-order valence-electron chi connectivity index (χ2n) is 5.88. The average molecular weight is 428 g/mol. The van der Waals surface area contributed by atoms with Crippen LogP contribution in [0.3, 0.4) is 0 Å². The van der Waals surface area contributed by atoms with E-state index in [9.17, 15) is 19.8 Å². The summed E-state index contributed by atoms with van der Waals surface area (Å²) in [4.78, 5) is 24.8. The van der Waals surface area contributed by atoms with Gasteiger partial charge in [-0.05, 0) is 30.2 Å². The molecule has 0 saturated heterocycles. The van der Waals surface area contributed by atoms with Crippen molar-refractivity contribution in [2.75, 3.05) is 14.2 Å². The Labute approximate surface area is 182 Å². The molecule has 2 N–H and O–H groups in total. The van der Waals surface area contributed by atoms with E-state index in [1.165, 1.54) is 32.4 Å². The summed E-state index contributed by atoms with van der Waals surface area (Å²) in [6.45, 7) is 9.31. The van der Waals surface area contributed by atoms with Crippen molar-refractivity contribution >= 4 is 18.1 Å². The van der Waals surface area contributed by atoms with E-state index in [2.05, 4.69) is 6.58 Å². The van der Waals surface area contributed by atoms with Gasteiger partial charge >= 0.3 is 0 Å². The lowest BCUT2D eigenvalue weighted by Gasteiger charge is -2.20. The zero-order valence-electron chi connectivity index (χ0n) is 18.4. The monoisotopic (exact) mass is 428 g/mol. The van der Waals surface area contributed by atoms with Gasteiger partial charge in [-0.2, -0.15) is 0 Å². The zero-order chi connectivity index (χ0) is 23.6. The number of Topliss-reactive ketones (excluding diaryl/α,β-unsaturated/α-hetero) is 1. The molecule has 0 spiro atoms. The third kappa shape index (κ3) is 5.45. The quantitative estimate of drug-likeness (QED) is 0.149. The Kier molecular flexibility index (Phi) is 9.85. The molecule has 31 heavy (non-hydrogen) atoms. The van der Waals surface area contributed by atoms with E-state index in [1.807, 2.05) is 20.8 Å². The van der Waals surface area contributed by atoms with Gasteiger partial charge in [-0.1, -0.05) is 39.5 Å². The number of hydrogen-bond acceptors (Lipinski definition) is 7. The molecular weight excluding hydrogens is 400 g/mol. The summed E-state index contributed by atoms with van der Waals surface area (Å²) < 4.78 is 16.0. The third-order valence-corrected chi connectivity index (χ3v) is 4.20. The normalized spacial score (nSPS) is 10.4. The van der Waals surface area contributed by atoms with Gasteiger partial charge in [0.05, 0.1) is 26.1 Å². The molecule has 0 atom stereocenters. The van der Waals surface area contributed by atoms with Crippen molar-refractivity contribution in [3.05, 3.63) is 59.4 Å². The lowest BCUT2D eigenvalue weighted by molar-refractivity contribution is -0.104. The van der Waals surface area contributed by atoms with E-state index in [-0.39, 0.29) is 34.1 Å². The first-order valence-electron chi connectivity index (χ1n) is 9.71. The van der Waals surface area contributed by atoms with E-state index >= 15 is 0 Å². The van der Waals surface area contributed by atoms with Crippen molar-refractivity contribution in [1.82, 2.24) is 0 Å². The molecular formula is C24H28O7. The maximum atomic E-state index is 13.2. The summed E-state index contributed by atoms with van der Waals surface area (Å²) in [5.41, 5.74) is 0.433. The average Bonchev–Trinajstić information content (AvgIpc) is 2.78. The Morgan fingerprint density at radius 2 is 1.74 bits per heavy atom. The molecule has 0 radical (unpaired) electrons. The van der Waals surface area contributed by atoms with Gasteiger partial charge < -0.3 is 24.4 Å². The second-order valence-corrected chi connectivity index (χ2v) is 5.88. The molecule has 7 heteroatoms. The molecule has 0 unspecified atom stereocenters. The summed E-state index contributed by atoms with van der Waals surface area (Å²) in [6, 6.07) is 6.05. The van der Waals surface area contributed by atoms with Gasteiger partial charge in [0.25, 0.3) is 0 Å². The molecule has 0 heterocycles. The molecule has 0 aromatic heterocycles. The van der Waals surface area contributed by atoms with Gasteiger partial charge in [0, 0.05) is 5.56 Å². The molecule has 2 aromatic carbocycles. The highest BCUT2D eigenvalue weighted by atomic mass is 16.5. The van der Waals surface area contributed by atoms with Crippen molar-refractivity contribution in [3.63, 3.8) is 0 Å². The number of methoxy groups -OCH3 is 2. The van der Waals surface area contributed by atoms with Crippen molar-refractivity contribution in [2.24, 2.45) is 0 Å². The van der Waals surface area contributed by atoms with Crippen LogP contribution >= 0.6 is 0 Å². The molecule has 0 aliphatic heterocycles. The molecule has 0 bridgehead atoms. The van der Waals surface area contributed by atoms with E-state index in [1.54, 1.807) is 12.1 Å².